The van der Waals surface area contributed by atoms with Crippen molar-refractivity contribution >= 4 is 38.8 Å². The van der Waals surface area contributed by atoms with Gasteiger partial charge >= 0.3 is 0 Å². The third-order valence-electron chi connectivity index (χ3n) is 5.15. The fourth-order valence-electron chi connectivity index (χ4n) is 3.39. The summed E-state index contributed by atoms with van der Waals surface area (Å²) in [5.74, 6) is -0.0137. The maximum Gasteiger partial charge on any atom is 0.257 e. The summed E-state index contributed by atoms with van der Waals surface area (Å²) in [6.45, 7) is 4.28. The minimum absolute atomic E-state index is 0.117. The molecule has 0 atom stereocenters. The number of fused-ring (bicyclic) bond motifs is 1. The quantitative estimate of drug-likeness (QED) is 0.673. The maximum atomic E-state index is 12.6. The molecule has 1 N–H and O–H groups in total. The predicted molar refractivity (Wildman–Crippen MR) is 114 cm³/mol. The summed E-state index contributed by atoms with van der Waals surface area (Å²) in [7, 11) is 2.10. The highest BCUT2D eigenvalue weighted by Gasteiger charge is 2.18. The first-order valence-electron chi connectivity index (χ1n) is 9.42. The number of benzene rings is 2. The highest BCUT2D eigenvalue weighted by atomic mass is 32.1. The van der Waals surface area contributed by atoms with Crippen LogP contribution in [0.4, 0.5) is 5.69 Å². The summed E-state index contributed by atoms with van der Waals surface area (Å²) in [5, 5.41) is 5.77. The summed E-state index contributed by atoms with van der Waals surface area (Å²) in [5.41, 5.74) is 2.05. The molecule has 0 unspecified atom stereocenters. The lowest BCUT2D eigenvalue weighted by molar-refractivity contribution is 0.0876. The molecule has 0 radical (unpaired) electrons. The molecule has 6 heteroatoms. The lowest BCUT2D eigenvalue weighted by Gasteiger charge is -2.31. The van der Waals surface area contributed by atoms with Gasteiger partial charge in [-0.15, -0.1) is 11.3 Å². The van der Waals surface area contributed by atoms with Crippen molar-refractivity contribution in [2.45, 2.75) is 0 Å². The Morgan fingerprint density at radius 3 is 2.46 bits per heavy atom. The molecule has 1 fully saturated rings. The number of hydrogen-bond donors (Lipinski definition) is 1. The van der Waals surface area contributed by atoms with Crippen LogP contribution in [0.3, 0.4) is 0 Å². The lowest BCUT2D eigenvalue weighted by Crippen LogP contribution is -2.46. The molecule has 1 aromatic heterocycles. The molecule has 0 aliphatic carbocycles. The topological polar surface area (TPSA) is 52.6 Å². The number of piperazine rings is 1. The zero-order valence-corrected chi connectivity index (χ0v) is 16.7. The van der Waals surface area contributed by atoms with Crippen LogP contribution in [-0.4, -0.2) is 61.3 Å². The van der Waals surface area contributed by atoms with E-state index in [0.717, 1.165) is 36.3 Å². The maximum absolute atomic E-state index is 12.6. The third-order valence-corrected chi connectivity index (χ3v) is 6.12. The van der Waals surface area contributed by atoms with E-state index in [1.165, 1.54) is 0 Å². The van der Waals surface area contributed by atoms with Gasteiger partial charge in [-0.05, 0) is 37.4 Å². The first kappa shape index (κ1) is 18.8. The molecule has 4 rings (SSSR count). The number of ketones is 1. The molecular weight excluding hydrogens is 370 g/mol. The molecule has 2 heterocycles. The number of carbonyl (C=O) groups excluding carboxylic acids is 2. The molecule has 2 aromatic carbocycles. The Hall–Kier alpha value is -2.54. The van der Waals surface area contributed by atoms with Crippen molar-refractivity contribution in [3.63, 3.8) is 0 Å². The largest absolute Gasteiger partial charge is 0.322 e. The molecule has 0 saturated carbocycles. The fourth-order valence-corrected chi connectivity index (χ4v) is 4.33. The second kappa shape index (κ2) is 8.22. The molecule has 1 aliphatic heterocycles. The van der Waals surface area contributed by atoms with Gasteiger partial charge in [0.15, 0.2) is 5.78 Å². The fraction of sp³-hybridized carbons (Fsp3) is 0.273. The monoisotopic (exact) mass is 393 g/mol. The number of carbonyl (C=O) groups is 2. The molecule has 0 spiro atoms. The number of nitrogens with one attached hydrogen (secondary N) is 1. The van der Waals surface area contributed by atoms with Gasteiger partial charge in [0.1, 0.15) is 0 Å². The van der Waals surface area contributed by atoms with Crippen LogP contribution in [0.1, 0.15) is 20.7 Å². The molecule has 1 saturated heterocycles. The van der Waals surface area contributed by atoms with Crippen molar-refractivity contribution in [1.29, 1.82) is 0 Å². The molecule has 0 bridgehead atoms. The van der Waals surface area contributed by atoms with Crippen molar-refractivity contribution in [3.05, 3.63) is 65.0 Å². The SMILES string of the molecule is CN1CCN(CC(=O)c2ccc(NC(=O)c3csc4ccccc34)cc2)CC1. The second-order valence-electron chi connectivity index (χ2n) is 7.18. The lowest BCUT2D eigenvalue weighted by atomic mass is 10.1. The Bertz CT molecular complexity index is 988. The molecule has 144 valence electrons. The van der Waals surface area contributed by atoms with E-state index in [4.69, 9.17) is 0 Å². The van der Waals surface area contributed by atoms with E-state index in [9.17, 15) is 9.59 Å². The van der Waals surface area contributed by atoms with Gasteiger partial charge in [-0.3, -0.25) is 14.5 Å². The third kappa shape index (κ3) is 4.14. The molecular formula is C22H23N3O2S. The average Bonchev–Trinajstić information content (AvgIpc) is 3.14. The van der Waals surface area contributed by atoms with E-state index in [-0.39, 0.29) is 11.7 Å². The Morgan fingerprint density at radius 1 is 1.00 bits per heavy atom. The summed E-state index contributed by atoms with van der Waals surface area (Å²) in [6, 6.07) is 15.1. The van der Waals surface area contributed by atoms with Gasteiger partial charge < -0.3 is 10.2 Å². The Balaban J connectivity index is 1.39. The van der Waals surface area contributed by atoms with Crippen LogP contribution >= 0.6 is 11.3 Å². The Labute approximate surface area is 168 Å². The van der Waals surface area contributed by atoms with Crippen LogP contribution < -0.4 is 5.32 Å². The average molecular weight is 394 g/mol. The standard InChI is InChI=1S/C22H23N3O2S/c1-24-10-12-25(13-11-24)14-20(26)16-6-8-17(9-7-16)23-22(27)19-15-28-21-5-3-2-4-18(19)21/h2-9,15H,10-14H2,1H3,(H,23,27). The van der Waals surface area contributed by atoms with Crippen LogP contribution in [0.15, 0.2) is 53.9 Å². The molecule has 28 heavy (non-hydrogen) atoms. The Kier molecular flexibility index (Phi) is 5.52. The van der Waals surface area contributed by atoms with E-state index in [2.05, 4.69) is 22.2 Å². The van der Waals surface area contributed by atoms with Crippen molar-refractivity contribution in [3.8, 4) is 0 Å². The van der Waals surface area contributed by atoms with Gasteiger partial charge in [-0.2, -0.15) is 0 Å². The van der Waals surface area contributed by atoms with Crippen molar-refractivity contribution < 1.29 is 9.59 Å². The summed E-state index contributed by atoms with van der Waals surface area (Å²) in [6.07, 6.45) is 0. The summed E-state index contributed by atoms with van der Waals surface area (Å²) < 4.78 is 1.09. The minimum atomic E-state index is -0.131. The number of amides is 1. The van der Waals surface area contributed by atoms with Crippen LogP contribution in [0.25, 0.3) is 10.1 Å². The second-order valence-corrected chi connectivity index (χ2v) is 8.09. The zero-order valence-electron chi connectivity index (χ0n) is 15.9. The number of rotatable bonds is 5. The van der Waals surface area contributed by atoms with Crippen molar-refractivity contribution in [2.24, 2.45) is 0 Å². The van der Waals surface area contributed by atoms with Gasteiger partial charge in [0.2, 0.25) is 0 Å². The number of likely N-dealkylation sites (N-methyl/N-ethyl adjacent to an activating group) is 1. The minimum Gasteiger partial charge on any atom is -0.322 e. The van der Waals surface area contributed by atoms with Crippen molar-refractivity contribution in [1.82, 2.24) is 9.80 Å². The number of hydrogen-bond acceptors (Lipinski definition) is 5. The number of Topliss-reactive ketones (excluding diaryl/α,β-unsaturated/α-hetero) is 1. The van der Waals surface area contributed by atoms with Gasteiger partial charge in [-0.1, -0.05) is 18.2 Å². The highest BCUT2D eigenvalue weighted by Crippen LogP contribution is 2.26. The van der Waals surface area contributed by atoms with Crippen LogP contribution in [0.2, 0.25) is 0 Å². The molecule has 1 aliphatic rings. The summed E-state index contributed by atoms with van der Waals surface area (Å²) in [4.78, 5) is 29.6. The summed E-state index contributed by atoms with van der Waals surface area (Å²) >= 11 is 1.56. The zero-order chi connectivity index (χ0) is 19.5. The first-order chi connectivity index (χ1) is 13.6. The normalized spacial score (nSPS) is 15.6. The number of thiophene rings is 1. The Morgan fingerprint density at radius 2 is 1.71 bits per heavy atom. The van der Waals surface area contributed by atoms with E-state index in [1.54, 1.807) is 35.6 Å². The van der Waals surface area contributed by atoms with Crippen LogP contribution in [0, 0.1) is 0 Å². The molecule has 3 aromatic rings. The van der Waals surface area contributed by atoms with Gasteiger partial charge in [0.05, 0.1) is 12.1 Å². The molecule has 1 amide bonds. The van der Waals surface area contributed by atoms with Crippen LogP contribution in [0.5, 0.6) is 0 Å². The number of nitrogens with zero attached hydrogens (tertiary/aromatic N) is 2. The first-order valence-corrected chi connectivity index (χ1v) is 10.3. The van der Waals surface area contributed by atoms with E-state index < -0.39 is 0 Å². The predicted octanol–water partition coefficient (Wildman–Crippen LogP) is 3.58. The van der Waals surface area contributed by atoms with E-state index in [1.807, 2.05) is 29.6 Å². The molecule has 5 nitrogen and oxygen atoms in total. The van der Waals surface area contributed by atoms with E-state index in [0.29, 0.717) is 23.4 Å². The van der Waals surface area contributed by atoms with E-state index >= 15 is 0 Å². The van der Waals surface area contributed by atoms with Crippen molar-refractivity contribution in [2.75, 3.05) is 45.1 Å². The van der Waals surface area contributed by atoms with Gasteiger partial charge in [-0.25, -0.2) is 0 Å². The number of anilines is 1. The van der Waals surface area contributed by atoms with Crippen LogP contribution in [-0.2, 0) is 0 Å². The van der Waals surface area contributed by atoms with Gasteiger partial charge in [0, 0.05) is 52.9 Å². The van der Waals surface area contributed by atoms with Gasteiger partial charge in [0.25, 0.3) is 5.91 Å². The smallest absolute Gasteiger partial charge is 0.257 e. The highest BCUT2D eigenvalue weighted by molar-refractivity contribution is 7.17.